The molecule has 1 heterocycles. The molecule has 0 aliphatic rings. The van der Waals surface area contributed by atoms with Gasteiger partial charge in [-0.3, -0.25) is 4.79 Å². The van der Waals surface area contributed by atoms with Crippen molar-refractivity contribution >= 4 is 34.8 Å². The van der Waals surface area contributed by atoms with E-state index in [0.717, 1.165) is 15.6 Å². The number of aromatic nitrogens is 1. The van der Waals surface area contributed by atoms with Gasteiger partial charge in [0.05, 0.1) is 11.5 Å². The first-order valence-corrected chi connectivity index (χ1v) is 10.5. The number of rotatable bonds is 9. The first-order chi connectivity index (χ1) is 13.2. The van der Waals surface area contributed by atoms with Crippen molar-refractivity contribution in [3.05, 3.63) is 64.4 Å². The Morgan fingerprint density at radius 1 is 1.29 bits per heavy atom. The van der Waals surface area contributed by atoms with Crippen molar-refractivity contribution in [2.45, 2.75) is 36.3 Å². The van der Waals surface area contributed by atoms with E-state index in [1.54, 1.807) is 26.0 Å². The monoisotopic (exact) mass is 418 g/mol. The van der Waals surface area contributed by atoms with E-state index in [-0.39, 0.29) is 0 Å². The van der Waals surface area contributed by atoms with Crippen LogP contribution in [0.2, 0.25) is 0 Å². The predicted octanol–water partition coefficient (Wildman–Crippen LogP) is 3.34. The third kappa shape index (κ3) is 6.61. The van der Waals surface area contributed by atoms with E-state index >= 15 is 0 Å². The summed E-state index contributed by atoms with van der Waals surface area (Å²) in [5.74, 6) is -0.335. The molecule has 0 amide bonds. The lowest BCUT2D eigenvalue weighted by atomic mass is 10.1. The number of thioether (sulfide) groups is 1. The standard InChI is InChI=1S/C20H26N4O2S2/c1-13-4-6-14(7-5-13)16(21)8-9-17(22)23-11-10-15-12-27-19(24-15)28-20(2,3)18(25)26/h4-9,12,23H,10-11,21-22H2,1-3H3,(H,25,26)/b16-8-,17-9+. The molecule has 0 fully saturated rings. The van der Waals surface area contributed by atoms with Crippen LogP contribution in [0, 0.1) is 6.92 Å². The second-order valence-electron chi connectivity index (χ2n) is 6.81. The van der Waals surface area contributed by atoms with Crippen molar-refractivity contribution in [3.63, 3.8) is 0 Å². The van der Waals surface area contributed by atoms with Crippen LogP contribution in [-0.4, -0.2) is 27.4 Å². The Morgan fingerprint density at radius 2 is 1.96 bits per heavy atom. The van der Waals surface area contributed by atoms with E-state index < -0.39 is 10.7 Å². The number of carboxylic acids is 1. The highest BCUT2D eigenvalue weighted by Gasteiger charge is 2.29. The number of thiazole rings is 1. The predicted molar refractivity (Wildman–Crippen MR) is 117 cm³/mol. The van der Waals surface area contributed by atoms with Crippen LogP contribution in [0.5, 0.6) is 0 Å². The fourth-order valence-electron chi connectivity index (χ4n) is 2.13. The quantitative estimate of drug-likeness (QED) is 0.365. The van der Waals surface area contributed by atoms with E-state index in [4.69, 9.17) is 11.5 Å². The van der Waals surface area contributed by atoms with Crippen molar-refractivity contribution in [2.24, 2.45) is 11.5 Å². The van der Waals surface area contributed by atoms with Crippen molar-refractivity contribution in [3.8, 4) is 0 Å². The van der Waals surface area contributed by atoms with Crippen molar-refractivity contribution in [1.29, 1.82) is 0 Å². The first kappa shape index (κ1) is 21.8. The summed E-state index contributed by atoms with van der Waals surface area (Å²) in [5, 5.41) is 14.3. The molecule has 0 spiro atoms. The highest BCUT2D eigenvalue weighted by atomic mass is 32.2. The lowest BCUT2D eigenvalue weighted by molar-refractivity contribution is -0.138. The van der Waals surface area contributed by atoms with Crippen LogP contribution in [0.4, 0.5) is 0 Å². The van der Waals surface area contributed by atoms with E-state index in [9.17, 15) is 9.90 Å². The zero-order valence-electron chi connectivity index (χ0n) is 16.2. The molecule has 0 bridgehead atoms. The molecule has 0 aliphatic carbocycles. The lowest BCUT2D eigenvalue weighted by Gasteiger charge is -2.15. The molecule has 8 heteroatoms. The Balaban J connectivity index is 1.84. The minimum absolute atomic E-state index is 0.520. The zero-order chi connectivity index (χ0) is 20.7. The smallest absolute Gasteiger partial charge is 0.319 e. The zero-order valence-corrected chi connectivity index (χ0v) is 17.9. The summed E-state index contributed by atoms with van der Waals surface area (Å²) in [6.45, 7) is 5.99. The summed E-state index contributed by atoms with van der Waals surface area (Å²) < 4.78 is -0.149. The van der Waals surface area contributed by atoms with Gasteiger partial charge in [0.15, 0.2) is 4.34 Å². The average molecular weight is 419 g/mol. The molecule has 28 heavy (non-hydrogen) atoms. The van der Waals surface area contributed by atoms with Crippen LogP contribution in [0.15, 0.2) is 52.0 Å². The highest BCUT2D eigenvalue weighted by molar-refractivity contribution is 8.02. The third-order valence-corrected chi connectivity index (χ3v) is 6.10. The van der Waals surface area contributed by atoms with Crippen LogP contribution >= 0.6 is 23.1 Å². The molecule has 0 aliphatic heterocycles. The topological polar surface area (TPSA) is 114 Å². The summed E-state index contributed by atoms with van der Waals surface area (Å²) >= 11 is 2.71. The van der Waals surface area contributed by atoms with Gasteiger partial charge in [-0.2, -0.15) is 0 Å². The maximum atomic E-state index is 11.2. The molecule has 2 aromatic rings. The fraction of sp³-hybridized carbons (Fsp3) is 0.300. The fourth-order valence-corrected chi connectivity index (χ4v) is 4.35. The number of carbonyl (C=O) groups is 1. The van der Waals surface area contributed by atoms with Crippen LogP contribution in [0.25, 0.3) is 5.70 Å². The Morgan fingerprint density at radius 3 is 2.61 bits per heavy atom. The lowest BCUT2D eigenvalue weighted by Crippen LogP contribution is -2.26. The number of aryl methyl sites for hydroxylation is 1. The van der Waals surface area contributed by atoms with Gasteiger partial charge in [0.1, 0.15) is 4.75 Å². The number of nitrogens with two attached hydrogens (primary N) is 2. The molecule has 0 saturated carbocycles. The summed E-state index contributed by atoms with van der Waals surface area (Å²) in [4.78, 5) is 15.7. The number of carboxylic acid groups (broad SMARTS) is 1. The molecule has 1 aromatic carbocycles. The molecule has 0 unspecified atom stereocenters. The second kappa shape index (κ2) is 9.66. The van der Waals surface area contributed by atoms with E-state index in [0.29, 0.717) is 24.5 Å². The van der Waals surface area contributed by atoms with Gasteiger partial charge in [0.2, 0.25) is 0 Å². The number of nitrogens with zero attached hydrogens (tertiary/aromatic N) is 1. The Labute approximate surface area is 173 Å². The normalized spacial score (nSPS) is 12.8. The Hall–Kier alpha value is -2.45. The SMILES string of the molecule is Cc1ccc(/C(N)=C/C=C(\N)NCCc2csc(SC(C)(C)C(=O)O)n2)cc1. The Kier molecular flexibility index (Phi) is 7.53. The Bertz CT molecular complexity index is 871. The molecule has 6 N–H and O–H groups in total. The minimum Gasteiger partial charge on any atom is -0.480 e. The number of allylic oxidation sites excluding steroid dienone is 2. The second-order valence-corrected chi connectivity index (χ2v) is 9.54. The van der Waals surface area contributed by atoms with Crippen molar-refractivity contribution in [2.75, 3.05) is 6.54 Å². The number of hydrogen-bond donors (Lipinski definition) is 4. The summed E-state index contributed by atoms with van der Waals surface area (Å²) in [5.41, 5.74) is 15.7. The van der Waals surface area contributed by atoms with Gasteiger partial charge in [-0.25, -0.2) is 4.98 Å². The van der Waals surface area contributed by atoms with Crippen LogP contribution in [-0.2, 0) is 11.2 Å². The summed E-state index contributed by atoms with van der Waals surface area (Å²) in [6.07, 6.45) is 4.21. The van der Waals surface area contributed by atoms with E-state index in [2.05, 4.69) is 10.3 Å². The van der Waals surface area contributed by atoms with Gasteiger partial charge in [0, 0.05) is 24.0 Å². The number of nitrogens with one attached hydrogen (secondary N) is 1. The maximum absolute atomic E-state index is 11.2. The van der Waals surface area contributed by atoms with Gasteiger partial charge < -0.3 is 21.9 Å². The molecule has 0 atom stereocenters. The highest BCUT2D eigenvalue weighted by Crippen LogP contribution is 2.34. The van der Waals surface area contributed by atoms with Gasteiger partial charge in [0.25, 0.3) is 0 Å². The largest absolute Gasteiger partial charge is 0.480 e. The van der Waals surface area contributed by atoms with Gasteiger partial charge >= 0.3 is 5.97 Å². The molecular formula is C20H26N4O2S2. The number of hydrogen-bond acceptors (Lipinski definition) is 7. The molecule has 150 valence electrons. The summed E-state index contributed by atoms with van der Waals surface area (Å²) in [7, 11) is 0. The summed E-state index contributed by atoms with van der Waals surface area (Å²) in [6, 6.07) is 7.98. The molecule has 0 saturated heterocycles. The number of aliphatic carboxylic acids is 1. The maximum Gasteiger partial charge on any atom is 0.319 e. The average Bonchev–Trinajstić information content (AvgIpc) is 3.06. The van der Waals surface area contributed by atoms with Crippen LogP contribution in [0.1, 0.15) is 30.7 Å². The molecule has 2 rings (SSSR count). The van der Waals surface area contributed by atoms with Gasteiger partial charge in [-0.1, -0.05) is 41.6 Å². The molecule has 0 radical (unpaired) electrons. The van der Waals surface area contributed by atoms with Crippen molar-refractivity contribution < 1.29 is 9.90 Å². The van der Waals surface area contributed by atoms with E-state index in [1.807, 2.05) is 36.6 Å². The molecule has 1 aromatic heterocycles. The number of benzene rings is 1. The van der Waals surface area contributed by atoms with Gasteiger partial charge in [-0.05, 0) is 38.5 Å². The first-order valence-electron chi connectivity index (χ1n) is 8.78. The minimum atomic E-state index is -0.899. The van der Waals surface area contributed by atoms with Crippen LogP contribution < -0.4 is 16.8 Å². The van der Waals surface area contributed by atoms with Gasteiger partial charge in [-0.15, -0.1) is 11.3 Å². The van der Waals surface area contributed by atoms with E-state index in [1.165, 1.54) is 28.7 Å². The molecule has 6 nitrogen and oxygen atoms in total. The molecular weight excluding hydrogens is 392 g/mol. The van der Waals surface area contributed by atoms with Crippen molar-refractivity contribution in [1.82, 2.24) is 10.3 Å². The third-order valence-electron chi connectivity index (χ3n) is 3.93. The van der Waals surface area contributed by atoms with Crippen LogP contribution in [0.3, 0.4) is 0 Å².